The van der Waals surface area contributed by atoms with Gasteiger partial charge in [-0.15, -0.1) is 0 Å². The van der Waals surface area contributed by atoms with E-state index in [0.29, 0.717) is 17.6 Å². The minimum absolute atomic E-state index is 0.0151. The molecule has 0 amide bonds. The maximum atomic E-state index is 13.6. The summed E-state index contributed by atoms with van der Waals surface area (Å²) in [5.74, 6) is -0.0644. The van der Waals surface area contributed by atoms with Crippen LogP contribution in [-0.4, -0.2) is 18.1 Å². The molecule has 0 aliphatic carbocycles. The van der Waals surface area contributed by atoms with Gasteiger partial charge in [-0.1, -0.05) is 13.8 Å². The highest BCUT2D eigenvalue weighted by Crippen LogP contribution is 2.26. The Morgan fingerprint density at radius 2 is 2.12 bits per heavy atom. The van der Waals surface area contributed by atoms with Crippen LogP contribution in [0.5, 0.6) is 0 Å². The van der Waals surface area contributed by atoms with Crippen LogP contribution in [0.25, 0.3) is 0 Å². The average Bonchev–Trinajstić information content (AvgIpc) is 2.33. The molecule has 0 aromatic carbocycles. The van der Waals surface area contributed by atoms with Crippen LogP contribution >= 0.6 is 15.9 Å². The monoisotopic (exact) mass is 303 g/mol. The molecule has 0 atom stereocenters. The summed E-state index contributed by atoms with van der Waals surface area (Å²) in [5.41, 5.74) is 5.81. The Bertz CT molecular complexity index is 359. The maximum absolute atomic E-state index is 13.6. The largest absolute Gasteiger partial charge is 0.367 e. The van der Waals surface area contributed by atoms with Crippen molar-refractivity contribution in [3.63, 3.8) is 0 Å². The van der Waals surface area contributed by atoms with Crippen LogP contribution in [0.2, 0.25) is 0 Å². The zero-order valence-electron chi connectivity index (χ0n) is 10.3. The van der Waals surface area contributed by atoms with E-state index in [1.807, 2.05) is 0 Å². The van der Waals surface area contributed by atoms with Crippen molar-refractivity contribution < 1.29 is 4.39 Å². The molecule has 1 rings (SSSR count). The predicted molar refractivity (Wildman–Crippen MR) is 72.5 cm³/mol. The van der Waals surface area contributed by atoms with Crippen LogP contribution in [0.15, 0.2) is 16.7 Å². The van der Waals surface area contributed by atoms with Gasteiger partial charge in [0.05, 0.1) is 0 Å². The molecule has 0 fully saturated rings. The lowest BCUT2D eigenvalue weighted by Crippen LogP contribution is -2.36. The fourth-order valence-electron chi connectivity index (χ4n) is 1.68. The van der Waals surface area contributed by atoms with E-state index in [-0.39, 0.29) is 17.1 Å². The first-order valence-electron chi connectivity index (χ1n) is 5.82. The standard InChI is InChI=1S/C12H19BrFN3/c1-3-12(4-2,7-15)8-17-11-10(14)5-9(13)6-16-11/h5-6H,3-4,7-8,15H2,1-2H3,(H,16,17). The van der Waals surface area contributed by atoms with E-state index in [9.17, 15) is 4.39 Å². The van der Waals surface area contributed by atoms with Gasteiger partial charge >= 0.3 is 0 Å². The second kappa shape index (κ2) is 6.31. The number of aromatic nitrogens is 1. The number of nitrogens with one attached hydrogen (secondary N) is 1. The Kier molecular flexibility index (Phi) is 5.33. The molecule has 0 saturated heterocycles. The number of hydrogen-bond donors (Lipinski definition) is 2. The van der Waals surface area contributed by atoms with Gasteiger partial charge in [-0.25, -0.2) is 9.37 Å². The SMILES string of the molecule is CCC(CC)(CN)CNc1ncc(Br)cc1F. The van der Waals surface area contributed by atoms with Gasteiger partial charge in [0, 0.05) is 17.2 Å². The predicted octanol–water partition coefficient (Wildman–Crippen LogP) is 3.16. The third-order valence-corrected chi connectivity index (χ3v) is 3.81. The van der Waals surface area contributed by atoms with Gasteiger partial charge in [-0.3, -0.25) is 0 Å². The first kappa shape index (κ1) is 14.4. The summed E-state index contributed by atoms with van der Waals surface area (Å²) in [7, 11) is 0. The minimum Gasteiger partial charge on any atom is -0.367 e. The Hall–Kier alpha value is -0.680. The number of pyridine rings is 1. The highest BCUT2D eigenvalue weighted by atomic mass is 79.9. The molecule has 0 unspecified atom stereocenters. The highest BCUT2D eigenvalue weighted by Gasteiger charge is 2.24. The molecule has 5 heteroatoms. The first-order valence-corrected chi connectivity index (χ1v) is 6.61. The van der Waals surface area contributed by atoms with Crippen molar-refractivity contribution in [3.05, 3.63) is 22.6 Å². The molecule has 0 spiro atoms. The lowest BCUT2D eigenvalue weighted by Gasteiger charge is -2.30. The van der Waals surface area contributed by atoms with E-state index in [0.717, 1.165) is 12.8 Å². The lowest BCUT2D eigenvalue weighted by molar-refractivity contribution is 0.294. The number of hydrogen-bond acceptors (Lipinski definition) is 3. The molecule has 0 radical (unpaired) electrons. The fourth-order valence-corrected chi connectivity index (χ4v) is 1.98. The van der Waals surface area contributed by atoms with Crippen LogP contribution in [0, 0.1) is 11.2 Å². The Morgan fingerprint density at radius 3 is 2.59 bits per heavy atom. The highest BCUT2D eigenvalue weighted by molar-refractivity contribution is 9.10. The topological polar surface area (TPSA) is 50.9 Å². The number of nitrogens with two attached hydrogens (primary N) is 1. The molecule has 0 bridgehead atoms. The lowest BCUT2D eigenvalue weighted by atomic mass is 9.82. The molecular formula is C12H19BrFN3. The van der Waals surface area contributed by atoms with Crippen molar-refractivity contribution in [1.82, 2.24) is 4.98 Å². The Labute approximate surface area is 110 Å². The maximum Gasteiger partial charge on any atom is 0.166 e. The van der Waals surface area contributed by atoms with Gasteiger partial charge in [0.15, 0.2) is 11.6 Å². The molecule has 3 nitrogen and oxygen atoms in total. The fraction of sp³-hybridized carbons (Fsp3) is 0.583. The molecule has 1 aromatic heterocycles. The van der Waals surface area contributed by atoms with Crippen molar-refractivity contribution in [3.8, 4) is 0 Å². The third kappa shape index (κ3) is 3.64. The van der Waals surface area contributed by atoms with Gasteiger partial charge in [0.2, 0.25) is 0 Å². The summed E-state index contributed by atoms with van der Waals surface area (Å²) >= 11 is 3.18. The zero-order valence-corrected chi connectivity index (χ0v) is 11.8. The van der Waals surface area contributed by atoms with E-state index in [2.05, 4.69) is 40.1 Å². The van der Waals surface area contributed by atoms with E-state index in [4.69, 9.17) is 5.73 Å². The minimum atomic E-state index is -0.350. The Morgan fingerprint density at radius 1 is 1.47 bits per heavy atom. The summed E-state index contributed by atoms with van der Waals surface area (Å²) in [6.07, 6.45) is 3.50. The summed E-state index contributed by atoms with van der Waals surface area (Å²) in [4.78, 5) is 4.01. The van der Waals surface area contributed by atoms with Gasteiger partial charge in [-0.2, -0.15) is 0 Å². The van der Waals surface area contributed by atoms with Gasteiger partial charge < -0.3 is 11.1 Å². The summed E-state index contributed by atoms with van der Waals surface area (Å²) in [5, 5.41) is 3.05. The number of nitrogens with zero attached hydrogens (tertiary/aromatic N) is 1. The molecule has 96 valence electrons. The second-order valence-electron chi connectivity index (χ2n) is 4.25. The number of anilines is 1. The van der Waals surface area contributed by atoms with E-state index in [1.165, 1.54) is 6.07 Å². The van der Waals surface area contributed by atoms with E-state index in [1.54, 1.807) is 6.20 Å². The van der Waals surface area contributed by atoms with E-state index < -0.39 is 0 Å². The molecule has 1 aromatic rings. The first-order chi connectivity index (χ1) is 8.06. The number of halogens is 2. The van der Waals surface area contributed by atoms with Crippen molar-refractivity contribution in [2.75, 3.05) is 18.4 Å². The van der Waals surface area contributed by atoms with Crippen LogP contribution < -0.4 is 11.1 Å². The van der Waals surface area contributed by atoms with Crippen LogP contribution in [0.4, 0.5) is 10.2 Å². The summed E-state index contributed by atoms with van der Waals surface area (Å²) < 4.78 is 14.2. The van der Waals surface area contributed by atoms with Crippen molar-refractivity contribution >= 4 is 21.7 Å². The van der Waals surface area contributed by atoms with Crippen molar-refractivity contribution in [2.24, 2.45) is 11.1 Å². The van der Waals surface area contributed by atoms with Gasteiger partial charge in [0.25, 0.3) is 0 Å². The normalized spacial score (nSPS) is 11.6. The molecule has 1 heterocycles. The molecular weight excluding hydrogens is 285 g/mol. The molecule has 0 aliphatic heterocycles. The van der Waals surface area contributed by atoms with Crippen LogP contribution in [-0.2, 0) is 0 Å². The van der Waals surface area contributed by atoms with Gasteiger partial charge in [0.1, 0.15) is 0 Å². The molecule has 0 aliphatic rings. The molecule has 0 saturated carbocycles. The summed E-state index contributed by atoms with van der Waals surface area (Å²) in [6.45, 7) is 5.43. The molecule has 3 N–H and O–H groups in total. The van der Waals surface area contributed by atoms with Crippen LogP contribution in [0.3, 0.4) is 0 Å². The Balaban J connectivity index is 2.72. The molecule has 17 heavy (non-hydrogen) atoms. The quantitative estimate of drug-likeness (QED) is 0.849. The number of rotatable bonds is 6. The average molecular weight is 304 g/mol. The third-order valence-electron chi connectivity index (χ3n) is 3.37. The van der Waals surface area contributed by atoms with E-state index >= 15 is 0 Å². The van der Waals surface area contributed by atoms with Gasteiger partial charge in [-0.05, 0) is 46.8 Å². The van der Waals surface area contributed by atoms with Crippen molar-refractivity contribution in [2.45, 2.75) is 26.7 Å². The summed E-state index contributed by atoms with van der Waals surface area (Å²) in [6, 6.07) is 1.40. The van der Waals surface area contributed by atoms with Crippen molar-refractivity contribution in [1.29, 1.82) is 0 Å². The zero-order chi connectivity index (χ0) is 12.9. The van der Waals surface area contributed by atoms with Crippen LogP contribution in [0.1, 0.15) is 26.7 Å². The second-order valence-corrected chi connectivity index (χ2v) is 5.16. The smallest absolute Gasteiger partial charge is 0.166 e.